The van der Waals surface area contributed by atoms with E-state index in [0.717, 1.165) is 30.6 Å². The number of hydrogen-bond donors (Lipinski definition) is 3. The summed E-state index contributed by atoms with van der Waals surface area (Å²) in [5.74, 6) is 0.830. The SMILES string of the molecule is COc1cccc(CNC(=O)C[C@H]2CC[C@H](NC(=O)C3CCC3)[C@H](CO)O2)c1. The van der Waals surface area contributed by atoms with Crippen LogP contribution in [0.3, 0.4) is 0 Å². The Morgan fingerprint density at radius 3 is 2.75 bits per heavy atom. The van der Waals surface area contributed by atoms with E-state index in [2.05, 4.69) is 10.6 Å². The van der Waals surface area contributed by atoms with Crippen molar-refractivity contribution < 1.29 is 24.2 Å². The number of carbonyl (C=O) groups is 2. The highest BCUT2D eigenvalue weighted by molar-refractivity contribution is 5.79. The zero-order valence-corrected chi connectivity index (χ0v) is 16.4. The summed E-state index contributed by atoms with van der Waals surface area (Å²) >= 11 is 0. The summed E-state index contributed by atoms with van der Waals surface area (Å²) in [6.07, 6.45) is 3.90. The third kappa shape index (κ3) is 5.45. The normalized spacial score (nSPS) is 24.9. The van der Waals surface area contributed by atoms with Crippen LogP contribution in [0.4, 0.5) is 0 Å². The van der Waals surface area contributed by atoms with Gasteiger partial charge in [-0.1, -0.05) is 18.6 Å². The number of hydrogen-bond acceptors (Lipinski definition) is 5. The highest BCUT2D eigenvalue weighted by Gasteiger charge is 2.35. The van der Waals surface area contributed by atoms with Crippen molar-refractivity contribution in [2.24, 2.45) is 5.92 Å². The molecule has 1 aliphatic carbocycles. The molecule has 7 heteroatoms. The molecule has 28 heavy (non-hydrogen) atoms. The number of amides is 2. The Bertz CT molecular complexity index is 677. The number of aliphatic hydroxyl groups excluding tert-OH is 1. The minimum Gasteiger partial charge on any atom is -0.497 e. The van der Waals surface area contributed by atoms with E-state index < -0.39 is 6.10 Å². The number of carbonyl (C=O) groups excluding carboxylic acids is 2. The maximum Gasteiger partial charge on any atom is 0.223 e. The highest BCUT2D eigenvalue weighted by atomic mass is 16.5. The second-order valence-corrected chi connectivity index (χ2v) is 7.63. The summed E-state index contributed by atoms with van der Waals surface area (Å²) in [4.78, 5) is 24.4. The Balaban J connectivity index is 1.43. The van der Waals surface area contributed by atoms with E-state index >= 15 is 0 Å². The zero-order valence-electron chi connectivity index (χ0n) is 16.4. The van der Waals surface area contributed by atoms with Crippen molar-refractivity contribution in [3.8, 4) is 5.75 Å². The van der Waals surface area contributed by atoms with Crippen molar-refractivity contribution in [2.45, 2.75) is 63.3 Å². The molecule has 1 aromatic rings. The van der Waals surface area contributed by atoms with Crippen molar-refractivity contribution in [3.05, 3.63) is 29.8 Å². The van der Waals surface area contributed by atoms with Crippen LogP contribution in [0.5, 0.6) is 5.75 Å². The Labute approximate surface area is 165 Å². The van der Waals surface area contributed by atoms with Crippen LogP contribution in [0.2, 0.25) is 0 Å². The van der Waals surface area contributed by atoms with E-state index in [1.54, 1.807) is 7.11 Å². The van der Waals surface area contributed by atoms with Gasteiger partial charge in [-0.3, -0.25) is 9.59 Å². The Hall–Kier alpha value is -2.12. The van der Waals surface area contributed by atoms with E-state index in [4.69, 9.17) is 9.47 Å². The van der Waals surface area contributed by atoms with Gasteiger partial charge in [-0.15, -0.1) is 0 Å². The van der Waals surface area contributed by atoms with Gasteiger partial charge in [-0.05, 0) is 43.4 Å². The Kier molecular flexibility index (Phi) is 7.28. The van der Waals surface area contributed by atoms with Crippen LogP contribution in [-0.2, 0) is 20.9 Å². The average molecular weight is 390 g/mol. The van der Waals surface area contributed by atoms with Gasteiger partial charge in [-0.2, -0.15) is 0 Å². The Morgan fingerprint density at radius 2 is 2.07 bits per heavy atom. The van der Waals surface area contributed by atoms with Crippen LogP contribution in [0.25, 0.3) is 0 Å². The predicted octanol–water partition coefficient (Wildman–Crippen LogP) is 1.53. The quantitative estimate of drug-likeness (QED) is 0.625. The lowest BCUT2D eigenvalue weighted by molar-refractivity contribution is -0.138. The summed E-state index contributed by atoms with van der Waals surface area (Å²) < 4.78 is 11.1. The molecule has 0 unspecified atom stereocenters. The molecule has 1 heterocycles. The van der Waals surface area contributed by atoms with Gasteiger partial charge in [0.2, 0.25) is 11.8 Å². The van der Waals surface area contributed by atoms with Crippen molar-refractivity contribution in [2.75, 3.05) is 13.7 Å². The maximum atomic E-state index is 12.3. The summed E-state index contributed by atoms with van der Waals surface area (Å²) in [6, 6.07) is 7.37. The number of benzene rings is 1. The van der Waals surface area contributed by atoms with Gasteiger partial charge in [0, 0.05) is 12.5 Å². The molecule has 1 saturated carbocycles. The smallest absolute Gasteiger partial charge is 0.223 e. The molecular weight excluding hydrogens is 360 g/mol. The summed E-state index contributed by atoms with van der Waals surface area (Å²) in [7, 11) is 1.61. The van der Waals surface area contributed by atoms with Crippen LogP contribution >= 0.6 is 0 Å². The number of aliphatic hydroxyl groups is 1. The van der Waals surface area contributed by atoms with Gasteiger partial charge in [0.15, 0.2) is 0 Å². The minimum absolute atomic E-state index is 0.0628. The van der Waals surface area contributed by atoms with Crippen molar-refractivity contribution in [1.82, 2.24) is 10.6 Å². The third-order valence-corrected chi connectivity index (χ3v) is 5.64. The Morgan fingerprint density at radius 1 is 1.25 bits per heavy atom. The van der Waals surface area contributed by atoms with Crippen LogP contribution < -0.4 is 15.4 Å². The molecule has 0 spiro atoms. The lowest BCUT2D eigenvalue weighted by Crippen LogP contribution is -2.53. The molecule has 2 aliphatic rings. The standard InChI is InChI=1S/C21H30N2O5/c1-27-16-7-2-4-14(10-16)12-22-20(25)11-17-8-9-18(19(13-24)28-17)23-21(26)15-5-3-6-15/h2,4,7,10,15,17-19,24H,3,5-6,8-9,11-13H2,1H3,(H,22,25)(H,23,26)/t17-,18+,19+/m1/s1. The molecule has 1 aliphatic heterocycles. The van der Waals surface area contributed by atoms with Gasteiger partial charge >= 0.3 is 0 Å². The minimum atomic E-state index is -0.464. The molecule has 1 aromatic carbocycles. The largest absolute Gasteiger partial charge is 0.497 e. The first kappa shape index (κ1) is 20.6. The molecule has 2 fully saturated rings. The number of nitrogens with one attached hydrogen (secondary N) is 2. The van der Waals surface area contributed by atoms with Crippen molar-refractivity contribution in [3.63, 3.8) is 0 Å². The second kappa shape index (κ2) is 9.89. The topological polar surface area (TPSA) is 96.9 Å². The summed E-state index contributed by atoms with van der Waals surface area (Å²) in [6.45, 7) is 0.254. The van der Waals surface area contributed by atoms with Gasteiger partial charge in [0.1, 0.15) is 11.9 Å². The summed E-state index contributed by atoms with van der Waals surface area (Å²) in [5, 5.41) is 15.6. The van der Waals surface area contributed by atoms with E-state index in [9.17, 15) is 14.7 Å². The van der Waals surface area contributed by atoms with Crippen LogP contribution in [0, 0.1) is 5.92 Å². The molecule has 0 bridgehead atoms. The first-order valence-corrected chi connectivity index (χ1v) is 10.1. The monoisotopic (exact) mass is 390 g/mol. The fourth-order valence-corrected chi connectivity index (χ4v) is 3.68. The fraction of sp³-hybridized carbons (Fsp3) is 0.619. The summed E-state index contributed by atoms with van der Waals surface area (Å²) in [5.41, 5.74) is 0.962. The molecule has 0 aromatic heterocycles. The van der Waals surface area contributed by atoms with Crippen molar-refractivity contribution in [1.29, 1.82) is 0 Å². The molecule has 3 atom stereocenters. The van der Waals surface area contributed by atoms with E-state index in [1.807, 2.05) is 24.3 Å². The lowest BCUT2D eigenvalue weighted by Gasteiger charge is -2.37. The van der Waals surface area contributed by atoms with E-state index in [-0.39, 0.29) is 42.9 Å². The molecule has 3 rings (SSSR count). The molecular formula is C21H30N2O5. The van der Waals surface area contributed by atoms with Crippen LogP contribution in [-0.4, -0.2) is 48.9 Å². The molecule has 0 radical (unpaired) electrons. The van der Waals surface area contributed by atoms with Crippen LogP contribution in [0.15, 0.2) is 24.3 Å². The third-order valence-electron chi connectivity index (χ3n) is 5.64. The van der Waals surface area contributed by atoms with Gasteiger partial charge < -0.3 is 25.2 Å². The van der Waals surface area contributed by atoms with Crippen molar-refractivity contribution >= 4 is 11.8 Å². The molecule has 1 saturated heterocycles. The van der Waals surface area contributed by atoms with E-state index in [1.165, 1.54) is 0 Å². The van der Waals surface area contributed by atoms with Gasteiger partial charge in [0.05, 0.1) is 32.3 Å². The first-order chi connectivity index (χ1) is 13.6. The second-order valence-electron chi connectivity index (χ2n) is 7.63. The molecule has 154 valence electrons. The van der Waals surface area contributed by atoms with E-state index in [0.29, 0.717) is 19.4 Å². The number of ether oxygens (including phenoxy) is 2. The highest BCUT2D eigenvalue weighted by Crippen LogP contribution is 2.28. The molecule has 3 N–H and O–H groups in total. The predicted molar refractivity (Wildman–Crippen MR) is 104 cm³/mol. The van der Waals surface area contributed by atoms with Crippen LogP contribution in [0.1, 0.15) is 44.1 Å². The number of rotatable bonds is 8. The average Bonchev–Trinajstić information content (AvgIpc) is 2.66. The maximum absolute atomic E-state index is 12.3. The lowest BCUT2D eigenvalue weighted by atomic mass is 9.84. The van der Waals surface area contributed by atoms with Gasteiger partial charge in [-0.25, -0.2) is 0 Å². The van der Waals surface area contributed by atoms with Gasteiger partial charge in [0.25, 0.3) is 0 Å². The molecule has 7 nitrogen and oxygen atoms in total. The zero-order chi connectivity index (χ0) is 19.9. The fourth-order valence-electron chi connectivity index (χ4n) is 3.68. The first-order valence-electron chi connectivity index (χ1n) is 10.1. The molecule has 2 amide bonds. The number of methoxy groups -OCH3 is 1.